The van der Waals surface area contributed by atoms with E-state index in [-0.39, 0.29) is 12.2 Å². The van der Waals surface area contributed by atoms with Gasteiger partial charge in [0.05, 0.1) is 24.7 Å². The van der Waals surface area contributed by atoms with Crippen LogP contribution in [0, 0.1) is 10.1 Å². The number of nitro benzene ring substituents is 1. The molecule has 0 fully saturated rings. The van der Waals surface area contributed by atoms with Crippen molar-refractivity contribution in [1.29, 1.82) is 0 Å². The Labute approximate surface area is 93.1 Å². The summed E-state index contributed by atoms with van der Waals surface area (Å²) >= 11 is 0. The molecule has 0 saturated carbocycles. The summed E-state index contributed by atoms with van der Waals surface area (Å²) in [7, 11) is 1.43. The summed E-state index contributed by atoms with van der Waals surface area (Å²) in [6.07, 6.45) is 0. The number of nitro groups is 1. The molecule has 0 aliphatic rings. The highest BCUT2D eigenvalue weighted by Crippen LogP contribution is 2.34. The summed E-state index contributed by atoms with van der Waals surface area (Å²) < 4.78 is 10.3. The van der Waals surface area contributed by atoms with Gasteiger partial charge in [-0.1, -0.05) is 0 Å². The summed E-state index contributed by atoms with van der Waals surface area (Å²) in [5.41, 5.74) is 5.82. The van der Waals surface area contributed by atoms with Crippen molar-refractivity contribution in [3.8, 4) is 11.5 Å². The molecule has 16 heavy (non-hydrogen) atoms. The maximum atomic E-state index is 10.8. The van der Waals surface area contributed by atoms with Crippen LogP contribution in [0.1, 0.15) is 12.5 Å². The zero-order valence-corrected chi connectivity index (χ0v) is 9.23. The zero-order valence-electron chi connectivity index (χ0n) is 9.23. The molecule has 1 rings (SSSR count). The molecule has 0 unspecified atom stereocenters. The minimum absolute atomic E-state index is 0.0530. The third-order valence-electron chi connectivity index (χ3n) is 2.08. The van der Waals surface area contributed by atoms with Crippen LogP contribution in [0.5, 0.6) is 11.5 Å². The number of nitrogens with zero attached hydrogens (tertiary/aromatic N) is 1. The fraction of sp³-hybridized carbons (Fsp3) is 0.400. The molecule has 0 aliphatic carbocycles. The van der Waals surface area contributed by atoms with Crippen LogP contribution in [0.3, 0.4) is 0 Å². The van der Waals surface area contributed by atoms with E-state index >= 15 is 0 Å². The molecule has 0 aromatic heterocycles. The van der Waals surface area contributed by atoms with E-state index in [1.165, 1.54) is 13.2 Å². The molecule has 0 radical (unpaired) electrons. The van der Waals surface area contributed by atoms with E-state index in [9.17, 15) is 10.1 Å². The highest BCUT2D eigenvalue weighted by atomic mass is 16.6. The molecule has 0 spiro atoms. The van der Waals surface area contributed by atoms with Gasteiger partial charge in [0.15, 0.2) is 11.5 Å². The topological polar surface area (TPSA) is 87.6 Å². The van der Waals surface area contributed by atoms with E-state index in [0.717, 1.165) is 0 Å². The number of hydrogen-bond donors (Lipinski definition) is 1. The average molecular weight is 226 g/mol. The lowest BCUT2D eigenvalue weighted by atomic mass is 10.1. The standard InChI is InChI=1S/C10H14N2O4/c1-3-16-10-4-7(6-11)8(12(13)14)5-9(10)15-2/h4-5H,3,6,11H2,1-2H3. The molecular weight excluding hydrogens is 212 g/mol. The second-order valence-corrected chi connectivity index (χ2v) is 3.03. The van der Waals surface area contributed by atoms with Gasteiger partial charge in [-0.25, -0.2) is 0 Å². The van der Waals surface area contributed by atoms with E-state index in [1.54, 1.807) is 6.07 Å². The highest BCUT2D eigenvalue weighted by molar-refractivity contribution is 5.54. The monoisotopic (exact) mass is 226 g/mol. The van der Waals surface area contributed by atoms with Gasteiger partial charge in [-0.15, -0.1) is 0 Å². The minimum Gasteiger partial charge on any atom is -0.493 e. The predicted molar refractivity (Wildman–Crippen MR) is 58.7 cm³/mol. The first-order chi connectivity index (χ1) is 7.63. The average Bonchev–Trinajstić information content (AvgIpc) is 2.28. The Hall–Kier alpha value is -1.82. The first-order valence-electron chi connectivity index (χ1n) is 4.82. The molecule has 88 valence electrons. The number of ether oxygens (including phenoxy) is 2. The lowest BCUT2D eigenvalue weighted by Gasteiger charge is -2.10. The van der Waals surface area contributed by atoms with Crippen LogP contribution in [0.4, 0.5) is 5.69 Å². The van der Waals surface area contributed by atoms with Crippen molar-refractivity contribution in [2.45, 2.75) is 13.5 Å². The van der Waals surface area contributed by atoms with Crippen LogP contribution >= 0.6 is 0 Å². The number of nitrogens with two attached hydrogens (primary N) is 1. The van der Waals surface area contributed by atoms with E-state index in [0.29, 0.717) is 23.7 Å². The predicted octanol–water partition coefficient (Wildman–Crippen LogP) is 1.46. The van der Waals surface area contributed by atoms with Crippen molar-refractivity contribution >= 4 is 5.69 Å². The van der Waals surface area contributed by atoms with Gasteiger partial charge in [0.25, 0.3) is 5.69 Å². The van der Waals surface area contributed by atoms with Gasteiger partial charge in [0.1, 0.15) is 0 Å². The number of methoxy groups -OCH3 is 1. The Kier molecular flexibility index (Phi) is 4.07. The molecule has 6 nitrogen and oxygen atoms in total. The number of benzene rings is 1. The Morgan fingerprint density at radius 2 is 2.12 bits per heavy atom. The Bertz CT molecular complexity index is 393. The Balaban J connectivity index is 3.28. The lowest BCUT2D eigenvalue weighted by Crippen LogP contribution is -2.04. The van der Waals surface area contributed by atoms with Crippen molar-refractivity contribution < 1.29 is 14.4 Å². The van der Waals surface area contributed by atoms with Gasteiger partial charge in [-0.2, -0.15) is 0 Å². The lowest BCUT2D eigenvalue weighted by molar-refractivity contribution is -0.385. The van der Waals surface area contributed by atoms with Gasteiger partial charge in [0, 0.05) is 12.1 Å². The van der Waals surface area contributed by atoms with Crippen molar-refractivity contribution in [3.05, 3.63) is 27.8 Å². The van der Waals surface area contributed by atoms with Gasteiger partial charge in [-0.05, 0) is 13.0 Å². The first-order valence-corrected chi connectivity index (χ1v) is 4.82. The smallest absolute Gasteiger partial charge is 0.277 e. The van der Waals surface area contributed by atoms with Crippen LogP contribution in [0.2, 0.25) is 0 Å². The van der Waals surface area contributed by atoms with Crippen LogP contribution in [-0.4, -0.2) is 18.6 Å². The molecule has 1 aromatic rings. The molecule has 1 aromatic carbocycles. The molecule has 0 saturated heterocycles. The van der Waals surface area contributed by atoms with Crippen LogP contribution in [-0.2, 0) is 6.54 Å². The maximum absolute atomic E-state index is 10.8. The molecule has 0 amide bonds. The van der Waals surface area contributed by atoms with Gasteiger partial charge < -0.3 is 15.2 Å². The van der Waals surface area contributed by atoms with Gasteiger partial charge in [0.2, 0.25) is 0 Å². The fourth-order valence-corrected chi connectivity index (χ4v) is 1.35. The van der Waals surface area contributed by atoms with Crippen LogP contribution in [0.15, 0.2) is 12.1 Å². The van der Waals surface area contributed by atoms with Crippen molar-refractivity contribution in [3.63, 3.8) is 0 Å². The number of hydrogen-bond acceptors (Lipinski definition) is 5. The molecule has 6 heteroatoms. The molecule has 0 heterocycles. The zero-order chi connectivity index (χ0) is 12.1. The van der Waals surface area contributed by atoms with Crippen molar-refractivity contribution in [2.24, 2.45) is 5.73 Å². The van der Waals surface area contributed by atoms with Crippen molar-refractivity contribution in [1.82, 2.24) is 0 Å². The number of rotatable bonds is 5. The van der Waals surface area contributed by atoms with Gasteiger partial charge in [-0.3, -0.25) is 10.1 Å². The van der Waals surface area contributed by atoms with E-state index < -0.39 is 4.92 Å². The summed E-state index contributed by atoms with van der Waals surface area (Å²) in [6.45, 7) is 2.36. The Morgan fingerprint density at radius 1 is 1.44 bits per heavy atom. The second-order valence-electron chi connectivity index (χ2n) is 3.03. The van der Waals surface area contributed by atoms with E-state index in [1.807, 2.05) is 6.92 Å². The van der Waals surface area contributed by atoms with Gasteiger partial charge >= 0.3 is 0 Å². The highest BCUT2D eigenvalue weighted by Gasteiger charge is 2.18. The third kappa shape index (κ3) is 2.40. The molecule has 0 aliphatic heterocycles. The van der Waals surface area contributed by atoms with E-state index in [2.05, 4.69) is 0 Å². The molecule has 2 N–H and O–H groups in total. The third-order valence-corrected chi connectivity index (χ3v) is 2.08. The summed E-state index contributed by atoms with van der Waals surface area (Å²) in [5, 5.41) is 10.8. The molecular formula is C10H14N2O4. The van der Waals surface area contributed by atoms with Crippen LogP contribution < -0.4 is 15.2 Å². The van der Waals surface area contributed by atoms with E-state index in [4.69, 9.17) is 15.2 Å². The van der Waals surface area contributed by atoms with Crippen LogP contribution in [0.25, 0.3) is 0 Å². The summed E-state index contributed by atoms with van der Waals surface area (Å²) in [4.78, 5) is 10.3. The SMILES string of the molecule is CCOc1cc(CN)c([N+](=O)[O-])cc1OC. The largest absolute Gasteiger partial charge is 0.493 e. The second kappa shape index (κ2) is 5.32. The molecule has 0 atom stereocenters. The quantitative estimate of drug-likeness (QED) is 0.606. The Morgan fingerprint density at radius 3 is 2.56 bits per heavy atom. The fourth-order valence-electron chi connectivity index (χ4n) is 1.35. The molecule has 0 bridgehead atoms. The minimum atomic E-state index is -0.486. The normalized spacial score (nSPS) is 9.94. The maximum Gasteiger partial charge on any atom is 0.277 e. The summed E-state index contributed by atoms with van der Waals surface area (Å²) in [6, 6.07) is 2.87. The summed E-state index contributed by atoms with van der Waals surface area (Å²) in [5.74, 6) is 0.807. The van der Waals surface area contributed by atoms with Crippen molar-refractivity contribution in [2.75, 3.05) is 13.7 Å². The first kappa shape index (κ1) is 12.3.